The molecule has 150 valence electrons. The number of hydrogen-bond donors (Lipinski definition) is 1. The fraction of sp³-hybridized carbons (Fsp3) is 0.304. The molecule has 1 saturated heterocycles. The molecule has 1 amide bonds. The summed E-state index contributed by atoms with van der Waals surface area (Å²) in [6.45, 7) is 4.35. The summed E-state index contributed by atoms with van der Waals surface area (Å²) in [4.78, 5) is 16.8. The maximum Gasteiger partial charge on any atom is 0.266 e. The Morgan fingerprint density at radius 2 is 1.76 bits per heavy atom. The monoisotopic (exact) mass is 408 g/mol. The van der Waals surface area contributed by atoms with Crippen LogP contribution in [0.5, 0.6) is 0 Å². The van der Waals surface area contributed by atoms with E-state index >= 15 is 0 Å². The number of nitrogens with zero attached hydrogens (tertiary/aromatic N) is 3. The molecule has 6 heteroatoms. The summed E-state index contributed by atoms with van der Waals surface area (Å²) in [6.07, 6.45) is 2.25. The standard InChI is InChI=1S/C23H25ClN4O/c24-22-9-5-4-8-20(22)10-11-26-17-21(16-25)23(29)28-14-12-27(13-15-28)18-19-6-2-1-3-7-19/h1-9,17,26H,10-15,18H2/b21-17-. The van der Waals surface area contributed by atoms with Gasteiger partial charge in [-0.25, -0.2) is 0 Å². The summed E-state index contributed by atoms with van der Waals surface area (Å²) in [5.74, 6) is -0.211. The highest BCUT2D eigenvalue weighted by Gasteiger charge is 2.23. The second-order valence-corrected chi connectivity index (χ2v) is 7.43. The highest BCUT2D eigenvalue weighted by Crippen LogP contribution is 2.15. The molecule has 0 radical (unpaired) electrons. The number of amides is 1. The van der Waals surface area contributed by atoms with Crippen molar-refractivity contribution >= 4 is 17.5 Å². The van der Waals surface area contributed by atoms with E-state index in [0.717, 1.165) is 36.6 Å². The molecule has 1 aliphatic rings. The van der Waals surface area contributed by atoms with E-state index in [0.29, 0.717) is 19.6 Å². The van der Waals surface area contributed by atoms with Gasteiger partial charge in [-0.15, -0.1) is 0 Å². The van der Waals surface area contributed by atoms with Gasteiger partial charge in [-0.2, -0.15) is 5.26 Å². The van der Waals surface area contributed by atoms with Crippen LogP contribution < -0.4 is 5.32 Å². The first kappa shape index (κ1) is 20.9. The van der Waals surface area contributed by atoms with Crippen molar-refractivity contribution in [3.05, 3.63) is 82.5 Å². The minimum absolute atomic E-state index is 0.140. The van der Waals surface area contributed by atoms with Crippen molar-refractivity contribution < 1.29 is 4.79 Å². The van der Waals surface area contributed by atoms with Gasteiger partial charge in [0.05, 0.1) is 0 Å². The van der Waals surface area contributed by atoms with Crippen LogP contribution in [0.1, 0.15) is 11.1 Å². The molecule has 5 nitrogen and oxygen atoms in total. The highest BCUT2D eigenvalue weighted by molar-refractivity contribution is 6.31. The molecule has 1 aliphatic heterocycles. The zero-order valence-corrected chi connectivity index (χ0v) is 17.1. The molecule has 0 unspecified atom stereocenters. The third kappa shape index (κ3) is 6.08. The average molecular weight is 409 g/mol. The van der Waals surface area contributed by atoms with E-state index in [1.807, 2.05) is 48.5 Å². The first-order valence-electron chi connectivity index (χ1n) is 9.80. The van der Waals surface area contributed by atoms with E-state index in [-0.39, 0.29) is 11.5 Å². The van der Waals surface area contributed by atoms with E-state index in [1.165, 1.54) is 11.8 Å². The van der Waals surface area contributed by atoms with E-state index in [1.54, 1.807) is 4.90 Å². The second kappa shape index (κ2) is 10.7. The summed E-state index contributed by atoms with van der Waals surface area (Å²) in [5.41, 5.74) is 2.45. The van der Waals surface area contributed by atoms with Crippen LogP contribution in [0.3, 0.4) is 0 Å². The molecule has 1 N–H and O–H groups in total. The molecule has 0 spiro atoms. The molecule has 2 aromatic carbocycles. The quantitative estimate of drug-likeness (QED) is 0.434. The number of nitrogens with one attached hydrogen (secondary N) is 1. The van der Waals surface area contributed by atoms with Crippen molar-refractivity contribution in [2.75, 3.05) is 32.7 Å². The Labute approximate surface area is 177 Å². The van der Waals surface area contributed by atoms with Gasteiger partial charge in [-0.05, 0) is 23.6 Å². The first-order chi connectivity index (χ1) is 14.2. The van der Waals surface area contributed by atoms with Crippen LogP contribution in [-0.4, -0.2) is 48.4 Å². The van der Waals surface area contributed by atoms with Crippen LogP contribution in [0.4, 0.5) is 0 Å². The molecule has 0 atom stereocenters. The number of carbonyl (C=O) groups is 1. The molecule has 0 aliphatic carbocycles. The number of benzene rings is 2. The number of carbonyl (C=O) groups excluding carboxylic acids is 1. The number of rotatable bonds is 7. The third-order valence-corrected chi connectivity index (χ3v) is 5.37. The predicted molar refractivity (Wildman–Crippen MR) is 115 cm³/mol. The summed E-state index contributed by atoms with van der Waals surface area (Å²) in [7, 11) is 0. The Morgan fingerprint density at radius 3 is 2.45 bits per heavy atom. The lowest BCUT2D eigenvalue weighted by Gasteiger charge is -2.34. The first-order valence-corrected chi connectivity index (χ1v) is 10.2. The Bertz CT molecular complexity index is 883. The van der Waals surface area contributed by atoms with Crippen molar-refractivity contribution in [2.24, 2.45) is 0 Å². The summed E-state index contributed by atoms with van der Waals surface area (Å²) in [6, 6.07) is 20.0. The molecule has 0 aromatic heterocycles. The van der Waals surface area contributed by atoms with E-state index in [9.17, 15) is 10.1 Å². The predicted octanol–water partition coefficient (Wildman–Crippen LogP) is 3.22. The molecule has 0 saturated carbocycles. The Morgan fingerprint density at radius 1 is 1.07 bits per heavy atom. The molecule has 1 fully saturated rings. The molecule has 0 bridgehead atoms. The topological polar surface area (TPSA) is 59.4 Å². The average Bonchev–Trinajstić information content (AvgIpc) is 2.76. The highest BCUT2D eigenvalue weighted by atomic mass is 35.5. The minimum atomic E-state index is -0.211. The summed E-state index contributed by atoms with van der Waals surface area (Å²) >= 11 is 6.15. The van der Waals surface area contributed by atoms with E-state index < -0.39 is 0 Å². The van der Waals surface area contributed by atoms with Crippen LogP contribution in [0.2, 0.25) is 5.02 Å². The maximum absolute atomic E-state index is 12.7. The lowest BCUT2D eigenvalue weighted by molar-refractivity contribution is -0.128. The lowest BCUT2D eigenvalue weighted by Crippen LogP contribution is -2.48. The van der Waals surface area contributed by atoms with Gasteiger partial charge in [-0.3, -0.25) is 9.69 Å². The molecule has 2 aromatic rings. The van der Waals surface area contributed by atoms with Gasteiger partial charge < -0.3 is 10.2 Å². The number of nitriles is 1. The van der Waals surface area contributed by atoms with E-state index in [2.05, 4.69) is 22.3 Å². The Hall–Kier alpha value is -2.81. The lowest BCUT2D eigenvalue weighted by atomic mass is 10.1. The minimum Gasteiger partial charge on any atom is -0.389 e. The SMILES string of the molecule is N#C/C(=C/NCCc1ccccc1Cl)C(=O)N1CCN(Cc2ccccc2)CC1. The Balaban J connectivity index is 1.46. The molecule has 1 heterocycles. The van der Waals surface area contributed by atoms with Crippen LogP contribution >= 0.6 is 11.6 Å². The van der Waals surface area contributed by atoms with Crippen molar-refractivity contribution in [1.82, 2.24) is 15.1 Å². The van der Waals surface area contributed by atoms with Gasteiger partial charge in [0, 0.05) is 50.5 Å². The smallest absolute Gasteiger partial charge is 0.266 e. The van der Waals surface area contributed by atoms with Crippen LogP contribution in [0.25, 0.3) is 0 Å². The largest absolute Gasteiger partial charge is 0.389 e. The maximum atomic E-state index is 12.7. The van der Waals surface area contributed by atoms with Crippen LogP contribution in [0.15, 0.2) is 66.4 Å². The van der Waals surface area contributed by atoms with Gasteiger partial charge in [0.2, 0.25) is 0 Å². The summed E-state index contributed by atoms with van der Waals surface area (Å²) in [5, 5.41) is 13.2. The Kier molecular flexibility index (Phi) is 7.69. The number of halogens is 1. The normalized spacial score (nSPS) is 15.0. The second-order valence-electron chi connectivity index (χ2n) is 7.02. The fourth-order valence-electron chi connectivity index (χ4n) is 3.35. The molecule has 29 heavy (non-hydrogen) atoms. The molecular weight excluding hydrogens is 384 g/mol. The van der Waals surface area contributed by atoms with Crippen molar-refractivity contribution in [3.8, 4) is 6.07 Å². The zero-order chi connectivity index (χ0) is 20.5. The van der Waals surface area contributed by atoms with Crippen LogP contribution in [-0.2, 0) is 17.8 Å². The van der Waals surface area contributed by atoms with Crippen molar-refractivity contribution in [3.63, 3.8) is 0 Å². The van der Waals surface area contributed by atoms with Gasteiger partial charge in [-0.1, -0.05) is 60.1 Å². The van der Waals surface area contributed by atoms with Gasteiger partial charge in [0.1, 0.15) is 11.6 Å². The van der Waals surface area contributed by atoms with Crippen LogP contribution in [0, 0.1) is 11.3 Å². The van der Waals surface area contributed by atoms with Crippen molar-refractivity contribution in [2.45, 2.75) is 13.0 Å². The number of piperazine rings is 1. The molecular formula is C23H25ClN4O. The summed E-state index contributed by atoms with van der Waals surface area (Å²) < 4.78 is 0. The molecule has 3 rings (SSSR count). The zero-order valence-electron chi connectivity index (χ0n) is 16.4. The van der Waals surface area contributed by atoms with Gasteiger partial charge in [0.25, 0.3) is 5.91 Å². The third-order valence-electron chi connectivity index (χ3n) is 5.00. The number of hydrogen-bond acceptors (Lipinski definition) is 4. The fourth-order valence-corrected chi connectivity index (χ4v) is 3.58. The van der Waals surface area contributed by atoms with Gasteiger partial charge in [0.15, 0.2) is 0 Å². The van der Waals surface area contributed by atoms with E-state index in [4.69, 9.17) is 11.6 Å². The van der Waals surface area contributed by atoms with Crippen molar-refractivity contribution in [1.29, 1.82) is 5.26 Å². The van der Waals surface area contributed by atoms with Gasteiger partial charge >= 0.3 is 0 Å².